The zero-order chi connectivity index (χ0) is 15.3. The number of ether oxygens (including phenoxy) is 2. The predicted molar refractivity (Wildman–Crippen MR) is 86.0 cm³/mol. The molecule has 2 saturated heterocycles. The lowest BCUT2D eigenvalue weighted by atomic mass is 9.75. The Morgan fingerprint density at radius 1 is 1.33 bits per heavy atom. The maximum Gasteiger partial charge on any atom is 0.0939 e. The lowest BCUT2D eigenvalue weighted by Crippen LogP contribution is -2.45. The molecule has 4 unspecified atom stereocenters. The minimum atomic E-state index is -0.280. The van der Waals surface area contributed by atoms with Crippen molar-refractivity contribution in [2.75, 3.05) is 0 Å². The molecule has 0 aromatic heterocycles. The third-order valence-corrected chi connectivity index (χ3v) is 5.99. The van der Waals surface area contributed by atoms with Crippen molar-refractivity contribution in [3.63, 3.8) is 0 Å². The van der Waals surface area contributed by atoms with Crippen LogP contribution < -0.4 is 0 Å². The van der Waals surface area contributed by atoms with Gasteiger partial charge in [-0.1, -0.05) is 43.6 Å². The molecule has 0 saturated carbocycles. The molecule has 4 atom stereocenters. The van der Waals surface area contributed by atoms with Gasteiger partial charge < -0.3 is 9.47 Å². The number of hydrogen-bond donors (Lipinski definition) is 0. The Labute approximate surface area is 136 Å². The van der Waals surface area contributed by atoms with E-state index in [1.807, 2.05) is 24.3 Å². The van der Waals surface area contributed by atoms with E-state index < -0.39 is 0 Å². The number of halogens is 2. The molecule has 4 heteroatoms. The summed E-state index contributed by atoms with van der Waals surface area (Å²) in [5, 5.41) is 0.822. The maximum absolute atomic E-state index is 6.56. The Balaban J connectivity index is 1.73. The van der Waals surface area contributed by atoms with Crippen LogP contribution >= 0.6 is 23.2 Å². The zero-order valence-electron chi connectivity index (χ0n) is 12.7. The molecule has 2 bridgehead atoms. The van der Waals surface area contributed by atoms with Gasteiger partial charge in [-0.2, -0.15) is 0 Å². The summed E-state index contributed by atoms with van der Waals surface area (Å²) in [7, 11) is 0. The Morgan fingerprint density at radius 2 is 2.05 bits per heavy atom. The first kappa shape index (κ1) is 15.6. The minimum absolute atomic E-state index is 0.0719. The molecule has 2 heterocycles. The van der Waals surface area contributed by atoms with Gasteiger partial charge in [-0.3, -0.25) is 0 Å². The summed E-state index contributed by atoms with van der Waals surface area (Å²) in [6.45, 7) is 7.00. The fourth-order valence-corrected chi connectivity index (χ4v) is 4.58. The van der Waals surface area contributed by atoms with Gasteiger partial charge in [0, 0.05) is 11.4 Å². The summed E-state index contributed by atoms with van der Waals surface area (Å²) in [5.74, 6) is 0.385. The Kier molecular flexibility index (Phi) is 4.03. The van der Waals surface area contributed by atoms with Gasteiger partial charge in [0.15, 0.2) is 0 Å². The molecule has 0 radical (unpaired) electrons. The van der Waals surface area contributed by atoms with Crippen molar-refractivity contribution < 1.29 is 9.47 Å². The average Bonchev–Trinajstić information content (AvgIpc) is 2.86. The molecule has 0 N–H and O–H groups in total. The van der Waals surface area contributed by atoms with Crippen molar-refractivity contribution in [2.24, 2.45) is 5.92 Å². The monoisotopic (exact) mass is 328 g/mol. The number of fused-ring (bicyclic) bond motifs is 2. The van der Waals surface area contributed by atoms with Crippen LogP contribution in [0.1, 0.15) is 39.2 Å². The highest BCUT2D eigenvalue weighted by Crippen LogP contribution is 2.57. The van der Waals surface area contributed by atoms with Crippen molar-refractivity contribution in [3.05, 3.63) is 34.9 Å². The molecule has 2 aliphatic heterocycles. The van der Waals surface area contributed by atoms with Gasteiger partial charge in [0.25, 0.3) is 0 Å². The van der Waals surface area contributed by atoms with Crippen LogP contribution in [0.4, 0.5) is 0 Å². The summed E-state index contributed by atoms with van der Waals surface area (Å²) < 4.78 is 12.5. The molecule has 0 spiro atoms. The molecule has 3 rings (SSSR count). The van der Waals surface area contributed by atoms with Gasteiger partial charge in [0.2, 0.25) is 0 Å². The van der Waals surface area contributed by atoms with E-state index in [1.54, 1.807) is 0 Å². The SMILES string of the molecule is CC(C)C12CC(OCc3ccccc3Cl)C(C)(CC1Cl)O2. The van der Waals surface area contributed by atoms with Crippen molar-refractivity contribution in [2.45, 2.75) is 62.9 Å². The van der Waals surface area contributed by atoms with Crippen LogP contribution in [0.2, 0.25) is 5.02 Å². The highest BCUT2D eigenvalue weighted by atomic mass is 35.5. The van der Waals surface area contributed by atoms with E-state index in [0.717, 1.165) is 23.4 Å². The predicted octanol–water partition coefficient (Wildman–Crippen LogP) is 4.81. The standard InChI is InChI=1S/C17H22Cl2O2/c1-11(2)17-9-15(16(3,21-17)8-14(17)19)20-10-12-6-4-5-7-13(12)18/h4-7,11,14-15H,8-10H2,1-3H3. The van der Waals surface area contributed by atoms with E-state index in [-0.39, 0.29) is 22.7 Å². The van der Waals surface area contributed by atoms with Crippen LogP contribution in [-0.4, -0.2) is 22.7 Å². The lowest BCUT2D eigenvalue weighted by Gasteiger charge is -2.35. The molecule has 2 fully saturated rings. The normalized spacial score (nSPS) is 38.4. The number of hydrogen-bond acceptors (Lipinski definition) is 2. The summed E-state index contributed by atoms with van der Waals surface area (Å²) in [4.78, 5) is 0. The third kappa shape index (κ3) is 2.50. The second-order valence-electron chi connectivity index (χ2n) is 6.79. The van der Waals surface area contributed by atoms with Gasteiger partial charge in [0.1, 0.15) is 0 Å². The Hall–Kier alpha value is -0.280. The second-order valence-corrected chi connectivity index (χ2v) is 7.73. The van der Waals surface area contributed by atoms with Gasteiger partial charge >= 0.3 is 0 Å². The molecular formula is C17H22Cl2O2. The molecular weight excluding hydrogens is 307 g/mol. The summed E-state index contributed by atoms with van der Waals surface area (Å²) in [5.41, 5.74) is 0.492. The molecule has 2 nitrogen and oxygen atoms in total. The highest BCUT2D eigenvalue weighted by molar-refractivity contribution is 6.31. The molecule has 116 valence electrons. The number of rotatable bonds is 4. The van der Waals surface area contributed by atoms with Crippen molar-refractivity contribution in [1.82, 2.24) is 0 Å². The van der Waals surface area contributed by atoms with Crippen LogP contribution in [0, 0.1) is 5.92 Å². The maximum atomic E-state index is 6.56. The van der Waals surface area contributed by atoms with E-state index >= 15 is 0 Å². The third-order valence-electron chi connectivity index (χ3n) is 5.10. The number of benzene rings is 1. The van der Waals surface area contributed by atoms with Gasteiger partial charge in [-0.05, 0) is 30.9 Å². The molecule has 21 heavy (non-hydrogen) atoms. The largest absolute Gasteiger partial charge is 0.370 e. The first-order valence-corrected chi connectivity index (χ1v) is 8.38. The molecule has 0 aliphatic carbocycles. The van der Waals surface area contributed by atoms with Gasteiger partial charge in [0.05, 0.1) is 29.3 Å². The molecule has 2 aliphatic rings. The van der Waals surface area contributed by atoms with Gasteiger partial charge in [-0.15, -0.1) is 11.6 Å². The van der Waals surface area contributed by atoms with Crippen LogP contribution in [0.5, 0.6) is 0 Å². The highest BCUT2D eigenvalue weighted by Gasteiger charge is 2.65. The van der Waals surface area contributed by atoms with E-state index in [9.17, 15) is 0 Å². The smallest absolute Gasteiger partial charge is 0.0939 e. The quantitative estimate of drug-likeness (QED) is 0.738. The second kappa shape index (κ2) is 5.42. The van der Waals surface area contributed by atoms with E-state index in [2.05, 4.69) is 20.8 Å². The van der Waals surface area contributed by atoms with Crippen molar-refractivity contribution in [1.29, 1.82) is 0 Å². The summed E-state index contributed by atoms with van der Waals surface area (Å²) in [6, 6.07) is 7.80. The Morgan fingerprint density at radius 3 is 2.67 bits per heavy atom. The fraction of sp³-hybridized carbons (Fsp3) is 0.647. The van der Waals surface area contributed by atoms with Crippen LogP contribution in [0.25, 0.3) is 0 Å². The fourth-order valence-electron chi connectivity index (χ4n) is 3.70. The lowest BCUT2D eigenvalue weighted by molar-refractivity contribution is -0.0957. The van der Waals surface area contributed by atoms with Crippen LogP contribution in [-0.2, 0) is 16.1 Å². The van der Waals surface area contributed by atoms with Gasteiger partial charge in [-0.25, -0.2) is 0 Å². The van der Waals surface area contributed by atoms with E-state index in [1.165, 1.54) is 0 Å². The molecule has 0 amide bonds. The summed E-state index contributed by atoms with van der Waals surface area (Å²) in [6.07, 6.45) is 1.78. The van der Waals surface area contributed by atoms with E-state index in [0.29, 0.717) is 12.5 Å². The zero-order valence-corrected chi connectivity index (χ0v) is 14.2. The Bertz CT molecular complexity index is 533. The topological polar surface area (TPSA) is 18.5 Å². The first-order chi connectivity index (χ1) is 9.87. The van der Waals surface area contributed by atoms with Crippen LogP contribution in [0.15, 0.2) is 24.3 Å². The summed E-state index contributed by atoms with van der Waals surface area (Å²) >= 11 is 12.7. The molecule has 1 aromatic rings. The van der Waals surface area contributed by atoms with Crippen molar-refractivity contribution in [3.8, 4) is 0 Å². The average molecular weight is 329 g/mol. The first-order valence-electron chi connectivity index (χ1n) is 7.57. The molecule has 1 aromatic carbocycles. The number of alkyl halides is 1. The van der Waals surface area contributed by atoms with Crippen molar-refractivity contribution >= 4 is 23.2 Å². The van der Waals surface area contributed by atoms with E-state index in [4.69, 9.17) is 32.7 Å². The van der Waals surface area contributed by atoms with Crippen LogP contribution in [0.3, 0.4) is 0 Å². The minimum Gasteiger partial charge on any atom is -0.370 e.